The van der Waals surface area contributed by atoms with E-state index in [1.807, 2.05) is 12.1 Å². The summed E-state index contributed by atoms with van der Waals surface area (Å²) in [6.07, 6.45) is 2.42. The topological polar surface area (TPSA) is 58.8 Å². The molecule has 0 fully saturated rings. The number of methoxy groups -OCH3 is 1. The first kappa shape index (κ1) is 19.3. The maximum Gasteiger partial charge on any atom is 0.191 e. The number of nitrogens with zero attached hydrogens (tertiary/aromatic N) is 1. The second-order valence-corrected chi connectivity index (χ2v) is 4.68. The SMILES string of the molecule is CN=C(NCCc1ccco1)NCc1cc(F)cc(OC)c1.I. The molecule has 23 heavy (non-hydrogen) atoms. The molecule has 0 radical (unpaired) electrons. The van der Waals surface area contributed by atoms with E-state index in [2.05, 4.69) is 15.6 Å². The van der Waals surface area contributed by atoms with Crippen LogP contribution in [0.1, 0.15) is 11.3 Å². The molecule has 0 saturated heterocycles. The zero-order valence-electron chi connectivity index (χ0n) is 13.1. The van der Waals surface area contributed by atoms with Crippen LogP contribution in [0, 0.1) is 5.82 Å². The van der Waals surface area contributed by atoms with Gasteiger partial charge in [-0.15, -0.1) is 24.0 Å². The van der Waals surface area contributed by atoms with Crippen molar-refractivity contribution in [1.29, 1.82) is 0 Å². The predicted octanol–water partition coefficient (Wildman–Crippen LogP) is 2.95. The summed E-state index contributed by atoms with van der Waals surface area (Å²) >= 11 is 0. The molecule has 0 saturated carbocycles. The summed E-state index contributed by atoms with van der Waals surface area (Å²) in [4.78, 5) is 4.13. The minimum absolute atomic E-state index is 0. The lowest BCUT2D eigenvalue weighted by atomic mass is 10.2. The Hall–Kier alpha value is -1.77. The van der Waals surface area contributed by atoms with Crippen LogP contribution in [0.2, 0.25) is 0 Å². The van der Waals surface area contributed by atoms with E-state index in [0.29, 0.717) is 24.8 Å². The third kappa shape index (κ3) is 6.47. The van der Waals surface area contributed by atoms with Gasteiger partial charge in [-0.05, 0) is 29.8 Å². The van der Waals surface area contributed by atoms with Gasteiger partial charge in [0.15, 0.2) is 5.96 Å². The number of nitrogens with one attached hydrogen (secondary N) is 2. The van der Waals surface area contributed by atoms with Gasteiger partial charge in [-0.3, -0.25) is 4.99 Å². The van der Waals surface area contributed by atoms with E-state index in [4.69, 9.17) is 9.15 Å². The standard InChI is InChI=1S/C16H20FN3O2.HI/c1-18-16(19-6-5-14-4-3-7-22-14)20-11-12-8-13(17)10-15(9-12)21-2;/h3-4,7-10H,5-6,11H2,1-2H3,(H2,18,19,20);1H. The Bertz CT molecular complexity index is 618. The molecule has 0 aliphatic heterocycles. The second kappa shape index (κ2) is 10.1. The lowest BCUT2D eigenvalue weighted by Gasteiger charge is -2.12. The smallest absolute Gasteiger partial charge is 0.191 e. The molecule has 0 bridgehead atoms. The first-order valence-electron chi connectivity index (χ1n) is 7.01. The fraction of sp³-hybridized carbons (Fsp3) is 0.312. The number of guanidine groups is 1. The lowest BCUT2D eigenvalue weighted by Crippen LogP contribution is -2.37. The van der Waals surface area contributed by atoms with E-state index in [9.17, 15) is 4.39 Å². The van der Waals surface area contributed by atoms with Gasteiger partial charge in [-0.1, -0.05) is 0 Å². The minimum Gasteiger partial charge on any atom is -0.497 e. The normalized spacial score (nSPS) is 10.8. The number of halogens is 2. The molecule has 0 amide bonds. The third-order valence-corrected chi connectivity index (χ3v) is 3.09. The Balaban J connectivity index is 0.00000264. The number of rotatable bonds is 6. The van der Waals surface area contributed by atoms with Crippen LogP contribution in [0.25, 0.3) is 0 Å². The summed E-state index contributed by atoms with van der Waals surface area (Å²) in [5.41, 5.74) is 0.783. The highest BCUT2D eigenvalue weighted by atomic mass is 127. The van der Waals surface area contributed by atoms with Gasteiger partial charge in [0, 0.05) is 32.6 Å². The van der Waals surface area contributed by atoms with Crippen LogP contribution in [0.3, 0.4) is 0 Å². The molecule has 1 heterocycles. The maximum atomic E-state index is 13.4. The number of benzene rings is 1. The van der Waals surface area contributed by atoms with Crippen molar-refractivity contribution in [2.75, 3.05) is 20.7 Å². The van der Waals surface area contributed by atoms with Crippen molar-refractivity contribution < 1.29 is 13.5 Å². The van der Waals surface area contributed by atoms with Crippen molar-refractivity contribution in [2.45, 2.75) is 13.0 Å². The van der Waals surface area contributed by atoms with Gasteiger partial charge in [0.2, 0.25) is 0 Å². The molecular weight excluding hydrogens is 412 g/mol. The predicted molar refractivity (Wildman–Crippen MR) is 99.0 cm³/mol. The van der Waals surface area contributed by atoms with Crippen molar-refractivity contribution in [3.8, 4) is 5.75 Å². The maximum absolute atomic E-state index is 13.4. The van der Waals surface area contributed by atoms with Gasteiger partial charge in [0.1, 0.15) is 17.3 Å². The highest BCUT2D eigenvalue weighted by Crippen LogP contribution is 2.15. The molecule has 7 heteroatoms. The highest BCUT2D eigenvalue weighted by molar-refractivity contribution is 14.0. The van der Waals surface area contributed by atoms with Crippen LogP contribution in [-0.4, -0.2) is 26.7 Å². The molecule has 2 N–H and O–H groups in total. The van der Waals surface area contributed by atoms with Crippen molar-refractivity contribution >= 4 is 29.9 Å². The Labute approximate surface area is 152 Å². The van der Waals surface area contributed by atoms with Crippen LogP contribution in [-0.2, 0) is 13.0 Å². The number of hydrogen-bond donors (Lipinski definition) is 2. The quantitative estimate of drug-likeness (QED) is 0.418. The second-order valence-electron chi connectivity index (χ2n) is 4.68. The molecule has 1 aromatic carbocycles. The van der Waals surface area contributed by atoms with E-state index in [-0.39, 0.29) is 29.8 Å². The van der Waals surface area contributed by atoms with Crippen molar-refractivity contribution in [3.05, 3.63) is 53.7 Å². The van der Waals surface area contributed by atoms with Gasteiger partial charge in [-0.2, -0.15) is 0 Å². The number of hydrogen-bond acceptors (Lipinski definition) is 3. The molecule has 0 aliphatic rings. The number of ether oxygens (including phenoxy) is 1. The van der Waals surface area contributed by atoms with E-state index in [0.717, 1.165) is 17.7 Å². The van der Waals surface area contributed by atoms with Gasteiger partial charge in [-0.25, -0.2) is 4.39 Å². The van der Waals surface area contributed by atoms with Crippen LogP contribution in [0.4, 0.5) is 4.39 Å². The largest absolute Gasteiger partial charge is 0.497 e. The molecule has 2 rings (SSSR count). The molecule has 126 valence electrons. The molecule has 5 nitrogen and oxygen atoms in total. The van der Waals surface area contributed by atoms with E-state index >= 15 is 0 Å². The summed E-state index contributed by atoms with van der Waals surface area (Å²) in [6.45, 7) is 1.15. The van der Waals surface area contributed by atoms with Crippen molar-refractivity contribution in [3.63, 3.8) is 0 Å². The summed E-state index contributed by atoms with van der Waals surface area (Å²) in [5, 5.41) is 6.31. The number of furan rings is 1. The van der Waals surface area contributed by atoms with E-state index < -0.39 is 0 Å². The zero-order chi connectivity index (χ0) is 15.8. The first-order valence-corrected chi connectivity index (χ1v) is 7.01. The average Bonchev–Trinajstić information content (AvgIpc) is 3.03. The van der Waals surface area contributed by atoms with E-state index in [1.54, 1.807) is 19.4 Å². The first-order chi connectivity index (χ1) is 10.7. The van der Waals surface area contributed by atoms with Gasteiger partial charge >= 0.3 is 0 Å². The molecule has 0 unspecified atom stereocenters. The molecule has 0 spiro atoms. The van der Waals surface area contributed by atoms with Gasteiger partial charge in [0.05, 0.1) is 13.4 Å². The van der Waals surface area contributed by atoms with Gasteiger partial charge < -0.3 is 19.8 Å². The number of aliphatic imine (C=N–C) groups is 1. The fourth-order valence-electron chi connectivity index (χ4n) is 2.01. The minimum atomic E-state index is -0.322. The summed E-state index contributed by atoms with van der Waals surface area (Å²) in [5.74, 6) is 1.74. The molecule has 1 aromatic heterocycles. The molecule has 2 aromatic rings. The molecule has 0 aliphatic carbocycles. The highest BCUT2D eigenvalue weighted by Gasteiger charge is 2.03. The summed E-state index contributed by atoms with van der Waals surface area (Å²) in [6, 6.07) is 8.38. The van der Waals surface area contributed by atoms with E-state index in [1.165, 1.54) is 19.2 Å². The molecule has 0 atom stereocenters. The van der Waals surface area contributed by atoms with Crippen LogP contribution in [0.15, 0.2) is 46.0 Å². The summed E-state index contributed by atoms with van der Waals surface area (Å²) in [7, 11) is 3.20. The third-order valence-electron chi connectivity index (χ3n) is 3.09. The average molecular weight is 433 g/mol. The summed E-state index contributed by atoms with van der Waals surface area (Å²) < 4.78 is 23.7. The van der Waals surface area contributed by atoms with Crippen LogP contribution < -0.4 is 15.4 Å². The Morgan fingerprint density at radius 1 is 1.30 bits per heavy atom. The Morgan fingerprint density at radius 3 is 2.78 bits per heavy atom. The lowest BCUT2D eigenvalue weighted by molar-refractivity contribution is 0.410. The van der Waals surface area contributed by atoms with Crippen LogP contribution in [0.5, 0.6) is 5.75 Å². The zero-order valence-corrected chi connectivity index (χ0v) is 15.5. The fourth-order valence-corrected chi connectivity index (χ4v) is 2.01. The van der Waals surface area contributed by atoms with Crippen molar-refractivity contribution in [1.82, 2.24) is 10.6 Å². The van der Waals surface area contributed by atoms with Crippen molar-refractivity contribution in [2.24, 2.45) is 4.99 Å². The molecular formula is C16H21FIN3O2. The van der Waals surface area contributed by atoms with Gasteiger partial charge in [0.25, 0.3) is 0 Å². The monoisotopic (exact) mass is 433 g/mol. The Morgan fingerprint density at radius 2 is 2.13 bits per heavy atom. The Kier molecular flexibility index (Phi) is 8.46. The van der Waals surface area contributed by atoms with Crippen LogP contribution >= 0.6 is 24.0 Å².